The van der Waals surface area contributed by atoms with Gasteiger partial charge in [0.15, 0.2) is 11.6 Å². The van der Waals surface area contributed by atoms with E-state index < -0.39 is 17.6 Å². The molecule has 0 radical (unpaired) electrons. The molecule has 1 fully saturated rings. The third kappa shape index (κ3) is 2.99. The summed E-state index contributed by atoms with van der Waals surface area (Å²) in [5, 5.41) is 0. The standard InChI is InChI=1S/C18H16F2N2O2/c1-21(14-7-8-15(19)16(20)10-14)18(24)12-9-17(23)22(11-12)13-5-3-2-4-6-13/h2-8,10,12H,9,11H2,1H3. The summed E-state index contributed by atoms with van der Waals surface area (Å²) in [4.78, 5) is 27.6. The predicted octanol–water partition coefficient (Wildman–Crippen LogP) is 2.98. The molecule has 0 bridgehead atoms. The van der Waals surface area contributed by atoms with E-state index >= 15 is 0 Å². The van der Waals surface area contributed by atoms with Gasteiger partial charge in [0.2, 0.25) is 11.8 Å². The minimum absolute atomic E-state index is 0.0990. The number of hydrogen-bond acceptors (Lipinski definition) is 2. The van der Waals surface area contributed by atoms with Crippen molar-refractivity contribution in [3.8, 4) is 0 Å². The maximum atomic E-state index is 13.4. The van der Waals surface area contributed by atoms with E-state index in [9.17, 15) is 18.4 Å². The van der Waals surface area contributed by atoms with Crippen LogP contribution in [-0.4, -0.2) is 25.4 Å². The van der Waals surface area contributed by atoms with Gasteiger partial charge in [-0.15, -0.1) is 0 Å². The van der Waals surface area contributed by atoms with Crippen LogP contribution in [0.25, 0.3) is 0 Å². The van der Waals surface area contributed by atoms with E-state index in [1.54, 1.807) is 4.90 Å². The van der Waals surface area contributed by atoms with Crippen LogP contribution in [0.15, 0.2) is 48.5 Å². The molecule has 0 aliphatic carbocycles. The second-order valence-electron chi connectivity index (χ2n) is 5.74. The first-order valence-corrected chi connectivity index (χ1v) is 7.55. The summed E-state index contributed by atoms with van der Waals surface area (Å²) < 4.78 is 26.4. The molecule has 1 saturated heterocycles. The highest BCUT2D eigenvalue weighted by atomic mass is 19.2. The summed E-state index contributed by atoms with van der Waals surface area (Å²) in [6, 6.07) is 12.4. The van der Waals surface area contributed by atoms with Crippen LogP contribution >= 0.6 is 0 Å². The molecule has 4 nitrogen and oxygen atoms in total. The van der Waals surface area contributed by atoms with Crippen molar-refractivity contribution in [2.45, 2.75) is 6.42 Å². The van der Waals surface area contributed by atoms with Crippen LogP contribution in [0.5, 0.6) is 0 Å². The van der Waals surface area contributed by atoms with E-state index in [1.165, 1.54) is 18.0 Å². The molecule has 2 amide bonds. The number of para-hydroxylation sites is 1. The van der Waals surface area contributed by atoms with Gasteiger partial charge in [-0.25, -0.2) is 8.78 Å². The number of hydrogen-bond donors (Lipinski definition) is 0. The molecule has 6 heteroatoms. The highest BCUT2D eigenvalue weighted by Gasteiger charge is 2.36. The molecule has 1 aliphatic heterocycles. The molecule has 0 spiro atoms. The van der Waals surface area contributed by atoms with Crippen LogP contribution in [0.1, 0.15) is 6.42 Å². The zero-order valence-corrected chi connectivity index (χ0v) is 13.1. The lowest BCUT2D eigenvalue weighted by Gasteiger charge is -2.21. The largest absolute Gasteiger partial charge is 0.315 e. The third-order valence-corrected chi connectivity index (χ3v) is 4.16. The van der Waals surface area contributed by atoms with E-state index in [1.807, 2.05) is 30.3 Å². The summed E-state index contributed by atoms with van der Waals surface area (Å²) in [6.07, 6.45) is 0.0990. The molecule has 1 aliphatic rings. The molecule has 1 atom stereocenters. The molecule has 0 saturated carbocycles. The molecule has 24 heavy (non-hydrogen) atoms. The number of anilines is 2. The Morgan fingerprint density at radius 1 is 1.12 bits per heavy atom. The van der Waals surface area contributed by atoms with Crippen molar-refractivity contribution in [2.24, 2.45) is 5.92 Å². The third-order valence-electron chi connectivity index (χ3n) is 4.16. The minimum Gasteiger partial charge on any atom is -0.315 e. The topological polar surface area (TPSA) is 40.6 Å². The summed E-state index contributed by atoms with van der Waals surface area (Å²) in [6.45, 7) is 0.274. The van der Waals surface area contributed by atoms with Gasteiger partial charge in [0.05, 0.1) is 5.92 Å². The second-order valence-corrected chi connectivity index (χ2v) is 5.74. The number of halogens is 2. The Morgan fingerprint density at radius 2 is 1.83 bits per heavy atom. The Hall–Kier alpha value is -2.76. The van der Waals surface area contributed by atoms with Crippen LogP contribution in [0.4, 0.5) is 20.2 Å². The van der Waals surface area contributed by atoms with Gasteiger partial charge in [-0.05, 0) is 24.3 Å². The quantitative estimate of drug-likeness (QED) is 0.868. The summed E-state index contributed by atoms with van der Waals surface area (Å²) in [5.41, 5.74) is 0.998. The fraction of sp³-hybridized carbons (Fsp3) is 0.222. The number of carbonyl (C=O) groups excluding carboxylic acids is 2. The zero-order valence-electron chi connectivity index (χ0n) is 13.1. The fourth-order valence-corrected chi connectivity index (χ4v) is 2.83. The van der Waals surface area contributed by atoms with E-state index in [4.69, 9.17) is 0 Å². The zero-order chi connectivity index (χ0) is 17.3. The lowest BCUT2D eigenvalue weighted by Crippen LogP contribution is -2.34. The first-order valence-electron chi connectivity index (χ1n) is 7.55. The van der Waals surface area contributed by atoms with Crippen molar-refractivity contribution >= 4 is 23.2 Å². The molecular formula is C18H16F2N2O2. The Bertz CT molecular complexity index is 780. The Morgan fingerprint density at radius 3 is 2.50 bits per heavy atom. The first-order chi connectivity index (χ1) is 11.5. The molecule has 1 heterocycles. The van der Waals surface area contributed by atoms with Gasteiger partial charge >= 0.3 is 0 Å². The summed E-state index contributed by atoms with van der Waals surface area (Å²) in [5.74, 6) is -2.92. The lowest BCUT2D eigenvalue weighted by molar-refractivity contribution is -0.124. The molecule has 124 valence electrons. The second kappa shape index (κ2) is 6.39. The highest BCUT2D eigenvalue weighted by Crippen LogP contribution is 2.27. The van der Waals surface area contributed by atoms with Gasteiger partial charge in [0.25, 0.3) is 0 Å². The van der Waals surface area contributed by atoms with Crippen molar-refractivity contribution in [2.75, 3.05) is 23.4 Å². The van der Waals surface area contributed by atoms with Crippen molar-refractivity contribution in [3.63, 3.8) is 0 Å². The fourth-order valence-electron chi connectivity index (χ4n) is 2.83. The maximum Gasteiger partial charge on any atom is 0.232 e. The van der Waals surface area contributed by atoms with Crippen molar-refractivity contribution in [1.29, 1.82) is 0 Å². The average Bonchev–Trinajstić information content (AvgIpc) is 2.98. The number of benzene rings is 2. The molecule has 0 N–H and O–H groups in total. The van der Waals surface area contributed by atoms with E-state index in [0.29, 0.717) is 0 Å². The van der Waals surface area contributed by atoms with E-state index in [-0.39, 0.29) is 30.5 Å². The van der Waals surface area contributed by atoms with Crippen molar-refractivity contribution < 1.29 is 18.4 Å². The Balaban J connectivity index is 1.76. The number of carbonyl (C=O) groups is 2. The van der Waals surface area contributed by atoms with Crippen LogP contribution in [0.2, 0.25) is 0 Å². The smallest absolute Gasteiger partial charge is 0.232 e. The summed E-state index contributed by atoms with van der Waals surface area (Å²) in [7, 11) is 1.49. The maximum absolute atomic E-state index is 13.4. The van der Waals surface area contributed by atoms with Crippen LogP contribution in [0, 0.1) is 17.6 Å². The van der Waals surface area contributed by atoms with Gasteiger partial charge in [0.1, 0.15) is 0 Å². The van der Waals surface area contributed by atoms with E-state index in [2.05, 4.69) is 0 Å². The molecule has 3 rings (SSSR count). The van der Waals surface area contributed by atoms with Gasteiger partial charge in [-0.3, -0.25) is 9.59 Å². The Labute approximate surface area is 138 Å². The van der Waals surface area contributed by atoms with Gasteiger partial charge < -0.3 is 9.80 Å². The SMILES string of the molecule is CN(C(=O)C1CC(=O)N(c2ccccc2)C1)c1ccc(F)c(F)c1. The average molecular weight is 330 g/mol. The Kier molecular flexibility index (Phi) is 4.29. The van der Waals surface area contributed by atoms with Crippen LogP contribution in [-0.2, 0) is 9.59 Å². The normalized spacial score (nSPS) is 17.2. The van der Waals surface area contributed by atoms with Gasteiger partial charge in [0, 0.05) is 37.5 Å². The summed E-state index contributed by atoms with van der Waals surface area (Å²) >= 11 is 0. The van der Waals surface area contributed by atoms with Crippen LogP contribution < -0.4 is 9.80 Å². The van der Waals surface area contributed by atoms with Crippen molar-refractivity contribution in [1.82, 2.24) is 0 Å². The number of rotatable bonds is 3. The highest BCUT2D eigenvalue weighted by molar-refractivity contribution is 6.04. The van der Waals surface area contributed by atoms with Gasteiger partial charge in [-0.2, -0.15) is 0 Å². The molecular weight excluding hydrogens is 314 g/mol. The van der Waals surface area contributed by atoms with Crippen molar-refractivity contribution in [3.05, 3.63) is 60.2 Å². The van der Waals surface area contributed by atoms with Gasteiger partial charge in [-0.1, -0.05) is 18.2 Å². The van der Waals surface area contributed by atoms with E-state index in [0.717, 1.165) is 17.8 Å². The molecule has 2 aromatic carbocycles. The molecule has 0 aromatic heterocycles. The molecule has 2 aromatic rings. The lowest BCUT2D eigenvalue weighted by atomic mass is 10.1. The number of nitrogens with zero attached hydrogens (tertiary/aromatic N) is 2. The predicted molar refractivity (Wildman–Crippen MR) is 86.7 cm³/mol. The molecule has 1 unspecified atom stereocenters. The minimum atomic E-state index is -1.01. The monoisotopic (exact) mass is 330 g/mol. The number of amides is 2. The van der Waals surface area contributed by atoms with Crippen LogP contribution in [0.3, 0.4) is 0 Å². The first kappa shape index (κ1) is 16.1.